The van der Waals surface area contributed by atoms with E-state index >= 15 is 0 Å². The number of rotatable bonds is 3. The third-order valence-electron chi connectivity index (χ3n) is 3.01. The summed E-state index contributed by atoms with van der Waals surface area (Å²) in [4.78, 5) is 22.9. The lowest BCUT2D eigenvalue weighted by molar-refractivity contribution is -0.205. The summed E-state index contributed by atoms with van der Waals surface area (Å²) >= 11 is 0.771. The minimum Gasteiger partial charge on any atom is -0.394 e. The van der Waals surface area contributed by atoms with Crippen molar-refractivity contribution < 1.29 is 34.8 Å². The second-order valence-electron chi connectivity index (χ2n) is 4.42. The Hall–Kier alpha value is -1.03. The smallest absolute Gasteiger partial charge is 0.192 e. The van der Waals surface area contributed by atoms with Crippen LogP contribution in [0.5, 0.6) is 0 Å². The van der Waals surface area contributed by atoms with E-state index in [-0.39, 0.29) is 10.7 Å². The molecule has 1 saturated heterocycles. The number of aliphatic hydroxyl groups is 4. The predicted molar refractivity (Wildman–Crippen MR) is 68.6 cm³/mol. The van der Waals surface area contributed by atoms with Gasteiger partial charge in [-0.3, -0.25) is 9.59 Å². The second kappa shape index (κ2) is 6.17. The Morgan fingerprint density at radius 2 is 1.80 bits per heavy atom. The Kier molecular flexibility index (Phi) is 4.74. The van der Waals surface area contributed by atoms with Gasteiger partial charge in [-0.15, -0.1) is 0 Å². The summed E-state index contributed by atoms with van der Waals surface area (Å²) in [5.41, 5.74) is -1.07. The molecule has 3 unspecified atom stereocenters. The van der Waals surface area contributed by atoms with Crippen molar-refractivity contribution in [1.29, 1.82) is 0 Å². The fourth-order valence-corrected chi connectivity index (χ4v) is 2.99. The molecule has 0 saturated carbocycles. The molecule has 0 amide bonds. The Labute approximate surface area is 118 Å². The van der Waals surface area contributed by atoms with Crippen molar-refractivity contribution in [2.75, 3.05) is 6.61 Å². The van der Waals surface area contributed by atoms with Gasteiger partial charge in [-0.1, -0.05) is 11.8 Å². The first-order valence-electron chi connectivity index (χ1n) is 5.89. The summed E-state index contributed by atoms with van der Waals surface area (Å²) in [6.45, 7) is -0.548. The van der Waals surface area contributed by atoms with Crippen LogP contribution in [0.2, 0.25) is 0 Å². The molecule has 0 aromatic carbocycles. The summed E-state index contributed by atoms with van der Waals surface area (Å²) in [6, 6.07) is 0. The molecule has 0 bridgehead atoms. The second-order valence-corrected chi connectivity index (χ2v) is 5.56. The first-order chi connectivity index (χ1) is 9.43. The molecule has 0 aromatic rings. The van der Waals surface area contributed by atoms with E-state index in [1.165, 1.54) is 0 Å². The average molecular weight is 302 g/mol. The zero-order valence-electron chi connectivity index (χ0n) is 10.2. The zero-order valence-corrected chi connectivity index (χ0v) is 11.1. The van der Waals surface area contributed by atoms with Gasteiger partial charge in [0, 0.05) is 6.08 Å². The fourth-order valence-electron chi connectivity index (χ4n) is 1.87. The van der Waals surface area contributed by atoms with Crippen LogP contribution in [-0.2, 0) is 14.3 Å². The number of allylic oxidation sites excluding steroid dienone is 4. The summed E-state index contributed by atoms with van der Waals surface area (Å²) in [6.07, 6.45) is -2.12. The number of carbonyl (C=O) groups excluding carboxylic acids is 2. The maximum Gasteiger partial charge on any atom is 0.192 e. The lowest BCUT2D eigenvalue weighted by atomic mass is 10.0. The van der Waals surface area contributed by atoms with Crippen LogP contribution in [-0.4, -0.2) is 68.5 Å². The first kappa shape index (κ1) is 15.4. The van der Waals surface area contributed by atoms with Crippen molar-refractivity contribution >= 4 is 23.3 Å². The molecule has 7 nitrogen and oxygen atoms in total. The van der Waals surface area contributed by atoms with Crippen LogP contribution in [0.3, 0.4) is 0 Å². The van der Waals surface area contributed by atoms with Crippen LogP contribution in [0.4, 0.5) is 0 Å². The van der Waals surface area contributed by atoms with Gasteiger partial charge in [0.2, 0.25) is 0 Å². The molecular weight excluding hydrogens is 288 g/mol. The summed E-state index contributed by atoms with van der Waals surface area (Å²) in [5.74, 6) is -0.775. The highest BCUT2D eigenvalue weighted by Crippen LogP contribution is 2.34. The third-order valence-corrected chi connectivity index (χ3v) is 4.20. The van der Waals surface area contributed by atoms with E-state index in [4.69, 9.17) is 9.84 Å². The van der Waals surface area contributed by atoms with Gasteiger partial charge in [0.15, 0.2) is 11.6 Å². The largest absolute Gasteiger partial charge is 0.394 e. The molecule has 4 N–H and O–H groups in total. The molecule has 2 aliphatic rings. The molecule has 8 heteroatoms. The van der Waals surface area contributed by atoms with E-state index in [1.54, 1.807) is 0 Å². The number of hydrogen-bond acceptors (Lipinski definition) is 8. The minimum atomic E-state index is -1.51. The van der Waals surface area contributed by atoms with Crippen LogP contribution in [0.15, 0.2) is 23.1 Å². The molecule has 110 valence electrons. The molecule has 0 aromatic heterocycles. The number of hydrogen-bond donors (Lipinski definition) is 4. The van der Waals surface area contributed by atoms with Gasteiger partial charge < -0.3 is 25.2 Å². The van der Waals surface area contributed by atoms with Crippen LogP contribution >= 0.6 is 11.8 Å². The first-order valence-corrected chi connectivity index (χ1v) is 6.77. The maximum absolute atomic E-state index is 11.6. The molecule has 0 radical (unpaired) electrons. The average Bonchev–Trinajstić information content (AvgIpc) is 2.43. The van der Waals surface area contributed by atoms with Crippen LogP contribution in [0, 0.1) is 0 Å². The van der Waals surface area contributed by atoms with E-state index < -0.39 is 42.2 Å². The Bertz CT molecular complexity index is 470. The SMILES string of the molecule is O=C1C=CC(=O)C(S[C@@H]2OC(CO)[C@@H](O)C(O)C2O)=C1. The van der Waals surface area contributed by atoms with Gasteiger partial charge in [-0.25, -0.2) is 0 Å². The molecule has 1 heterocycles. The van der Waals surface area contributed by atoms with Gasteiger partial charge in [0.05, 0.1) is 11.5 Å². The van der Waals surface area contributed by atoms with Gasteiger partial charge in [-0.2, -0.15) is 0 Å². The molecule has 1 fully saturated rings. The lowest BCUT2D eigenvalue weighted by Gasteiger charge is -2.39. The fraction of sp³-hybridized carbons (Fsp3) is 0.500. The van der Waals surface area contributed by atoms with Crippen molar-refractivity contribution in [3.63, 3.8) is 0 Å². The molecule has 0 spiro atoms. The molecule has 1 aliphatic heterocycles. The van der Waals surface area contributed by atoms with E-state index in [9.17, 15) is 24.9 Å². The molecule has 2 rings (SSSR count). The van der Waals surface area contributed by atoms with Gasteiger partial charge >= 0.3 is 0 Å². The van der Waals surface area contributed by atoms with Crippen molar-refractivity contribution in [2.24, 2.45) is 0 Å². The third kappa shape index (κ3) is 3.00. The number of thioether (sulfide) groups is 1. The summed E-state index contributed by atoms with van der Waals surface area (Å²) < 4.78 is 5.24. The number of carbonyl (C=O) groups is 2. The molecule has 20 heavy (non-hydrogen) atoms. The van der Waals surface area contributed by atoms with E-state index in [1.807, 2.05) is 0 Å². The predicted octanol–water partition coefficient (Wildman–Crippen LogP) is -1.89. The number of aliphatic hydroxyl groups excluding tert-OH is 4. The standard InChI is InChI=1S/C12H14O7S/c13-4-7-9(16)10(17)11(18)12(19-7)20-8-3-5(14)1-2-6(8)15/h1-3,7,9-13,16-18H,4H2/t7?,9-,10?,11?,12+/m1/s1. The van der Waals surface area contributed by atoms with Crippen molar-refractivity contribution in [2.45, 2.75) is 29.9 Å². The van der Waals surface area contributed by atoms with Crippen molar-refractivity contribution in [1.82, 2.24) is 0 Å². The summed E-state index contributed by atoms with van der Waals surface area (Å²) in [7, 11) is 0. The number of ketones is 2. The quantitative estimate of drug-likeness (QED) is 0.446. The van der Waals surface area contributed by atoms with E-state index in [0.717, 1.165) is 30.0 Å². The Morgan fingerprint density at radius 1 is 1.10 bits per heavy atom. The summed E-state index contributed by atoms with van der Waals surface area (Å²) in [5, 5.41) is 38.1. The highest BCUT2D eigenvalue weighted by molar-refractivity contribution is 8.04. The van der Waals surface area contributed by atoms with Gasteiger partial charge in [-0.05, 0) is 12.2 Å². The highest BCUT2D eigenvalue weighted by atomic mass is 32.2. The van der Waals surface area contributed by atoms with E-state index in [2.05, 4.69) is 0 Å². The van der Waals surface area contributed by atoms with Crippen LogP contribution in [0.25, 0.3) is 0 Å². The van der Waals surface area contributed by atoms with Gasteiger partial charge in [0.1, 0.15) is 29.9 Å². The monoisotopic (exact) mass is 302 g/mol. The minimum absolute atomic E-state index is 0.0711. The van der Waals surface area contributed by atoms with Crippen LogP contribution < -0.4 is 0 Å². The topological polar surface area (TPSA) is 124 Å². The van der Waals surface area contributed by atoms with Crippen LogP contribution in [0.1, 0.15) is 0 Å². The number of ether oxygens (including phenoxy) is 1. The lowest BCUT2D eigenvalue weighted by Crippen LogP contribution is -2.57. The molecule has 5 atom stereocenters. The zero-order chi connectivity index (χ0) is 14.9. The normalized spacial score (nSPS) is 38.0. The van der Waals surface area contributed by atoms with E-state index in [0.29, 0.717) is 0 Å². The molecule has 1 aliphatic carbocycles. The molecular formula is C12H14O7S. The van der Waals surface area contributed by atoms with Crippen molar-refractivity contribution in [3.05, 3.63) is 23.1 Å². The maximum atomic E-state index is 11.6. The highest BCUT2D eigenvalue weighted by Gasteiger charge is 2.44. The Balaban J connectivity index is 2.12. The van der Waals surface area contributed by atoms with Crippen molar-refractivity contribution in [3.8, 4) is 0 Å². The van der Waals surface area contributed by atoms with Gasteiger partial charge in [0.25, 0.3) is 0 Å². The Morgan fingerprint density at radius 3 is 2.45 bits per heavy atom.